The Bertz CT molecular complexity index is 660. The highest BCUT2D eigenvalue weighted by Gasteiger charge is 2.43. The third kappa shape index (κ3) is 3.70. The van der Waals surface area contributed by atoms with E-state index in [1.807, 2.05) is 26.0 Å². The minimum atomic E-state index is -3.19. The predicted molar refractivity (Wildman–Crippen MR) is 92.5 cm³/mol. The van der Waals surface area contributed by atoms with E-state index >= 15 is 0 Å². The fourth-order valence-corrected chi connectivity index (χ4v) is 5.09. The van der Waals surface area contributed by atoms with Crippen LogP contribution >= 0.6 is 0 Å². The van der Waals surface area contributed by atoms with Crippen molar-refractivity contribution in [1.29, 1.82) is 0 Å². The second kappa shape index (κ2) is 6.93. The van der Waals surface area contributed by atoms with Gasteiger partial charge in [-0.25, -0.2) is 8.42 Å². The number of morpholine rings is 1. The number of sulfonamides is 1. The smallest absolute Gasteiger partial charge is 0.214 e. The zero-order valence-corrected chi connectivity index (χ0v) is 15.3. The minimum absolute atomic E-state index is 0.205. The lowest BCUT2D eigenvalue weighted by molar-refractivity contribution is -0.0950. The first-order valence-corrected chi connectivity index (χ1v) is 10.2. The Morgan fingerprint density at radius 1 is 1.25 bits per heavy atom. The number of aromatic nitrogens is 2. The summed E-state index contributed by atoms with van der Waals surface area (Å²) in [6, 6.07) is 3.92. The summed E-state index contributed by atoms with van der Waals surface area (Å²) in [7, 11) is -3.19. The molecule has 0 aromatic carbocycles. The molecule has 0 saturated carbocycles. The molecule has 0 aliphatic carbocycles. The second-order valence-corrected chi connectivity index (χ2v) is 8.83. The number of hydrogen-bond acceptors (Lipinski definition) is 6. The van der Waals surface area contributed by atoms with E-state index in [4.69, 9.17) is 4.74 Å². The van der Waals surface area contributed by atoms with Gasteiger partial charge in [0.05, 0.1) is 23.7 Å². The molecule has 134 valence electrons. The molecule has 24 heavy (non-hydrogen) atoms. The molecule has 8 heteroatoms. The summed E-state index contributed by atoms with van der Waals surface area (Å²) < 4.78 is 32.6. The topological polar surface area (TPSA) is 75.6 Å². The van der Waals surface area contributed by atoms with Crippen LogP contribution in [0, 0.1) is 6.92 Å². The molecule has 2 fully saturated rings. The zero-order chi connectivity index (χ0) is 17.2. The summed E-state index contributed by atoms with van der Waals surface area (Å²) in [5.41, 5.74) is 0.445. The van der Waals surface area contributed by atoms with Gasteiger partial charge in [0, 0.05) is 26.2 Å². The van der Waals surface area contributed by atoms with Gasteiger partial charge in [0.15, 0.2) is 5.82 Å². The first kappa shape index (κ1) is 17.6. The maximum absolute atomic E-state index is 12.4. The third-order valence-electron chi connectivity index (χ3n) is 4.72. The number of rotatable bonds is 4. The van der Waals surface area contributed by atoms with E-state index in [0.717, 1.165) is 30.9 Å². The molecular weight excluding hydrogens is 328 g/mol. The van der Waals surface area contributed by atoms with Gasteiger partial charge in [0.1, 0.15) is 0 Å². The van der Waals surface area contributed by atoms with E-state index in [2.05, 4.69) is 15.1 Å². The SMILES string of the molecule is CCCS(=O)(=O)N1CCO[C@@]2(CCCN(c3ccc(C)nn3)C2)C1. The van der Waals surface area contributed by atoms with Gasteiger partial charge >= 0.3 is 0 Å². The Kier molecular flexibility index (Phi) is 5.08. The first-order chi connectivity index (χ1) is 11.4. The summed E-state index contributed by atoms with van der Waals surface area (Å²) in [4.78, 5) is 2.16. The molecule has 1 aromatic heterocycles. The Labute approximate surface area is 144 Å². The van der Waals surface area contributed by atoms with Crippen LogP contribution in [0.3, 0.4) is 0 Å². The van der Waals surface area contributed by atoms with Gasteiger partial charge in [-0.05, 0) is 38.3 Å². The molecule has 1 aromatic rings. The average Bonchev–Trinajstić information content (AvgIpc) is 2.55. The first-order valence-electron chi connectivity index (χ1n) is 8.61. The molecule has 2 aliphatic rings. The van der Waals surface area contributed by atoms with Crippen LogP contribution in [0.1, 0.15) is 31.9 Å². The Balaban J connectivity index is 1.76. The Morgan fingerprint density at radius 3 is 2.79 bits per heavy atom. The molecule has 3 rings (SSSR count). The molecule has 0 radical (unpaired) electrons. The second-order valence-electron chi connectivity index (χ2n) is 6.74. The maximum atomic E-state index is 12.4. The van der Waals surface area contributed by atoms with Crippen molar-refractivity contribution in [2.45, 2.75) is 38.7 Å². The molecule has 3 heterocycles. The van der Waals surface area contributed by atoms with Gasteiger partial charge in [-0.2, -0.15) is 9.40 Å². The van der Waals surface area contributed by atoms with Crippen molar-refractivity contribution >= 4 is 15.8 Å². The third-order valence-corrected chi connectivity index (χ3v) is 6.74. The van der Waals surface area contributed by atoms with E-state index in [1.165, 1.54) is 0 Å². The van der Waals surface area contributed by atoms with Crippen LogP contribution in [-0.2, 0) is 14.8 Å². The molecular formula is C16H26N4O3S. The molecule has 0 unspecified atom stereocenters. The number of piperidine rings is 1. The fourth-order valence-electron chi connectivity index (χ4n) is 3.54. The molecule has 7 nitrogen and oxygen atoms in total. The summed E-state index contributed by atoms with van der Waals surface area (Å²) in [5.74, 6) is 1.03. The average molecular weight is 354 g/mol. The van der Waals surface area contributed by atoms with Gasteiger partial charge in [-0.15, -0.1) is 5.10 Å². The van der Waals surface area contributed by atoms with Crippen molar-refractivity contribution in [2.75, 3.05) is 43.4 Å². The van der Waals surface area contributed by atoms with Crippen LogP contribution in [0.2, 0.25) is 0 Å². The lowest BCUT2D eigenvalue weighted by atomic mass is 9.91. The molecule has 0 amide bonds. The van der Waals surface area contributed by atoms with E-state index in [0.29, 0.717) is 32.7 Å². The highest BCUT2D eigenvalue weighted by molar-refractivity contribution is 7.89. The van der Waals surface area contributed by atoms with Crippen LogP contribution in [0.4, 0.5) is 5.82 Å². The number of anilines is 1. The van der Waals surface area contributed by atoms with Crippen molar-refractivity contribution < 1.29 is 13.2 Å². The van der Waals surface area contributed by atoms with Gasteiger partial charge in [-0.3, -0.25) is 0 Å². The highest BCUT2D eigenvalue weighted by Crippen LogP contribution is 2.31. The largest absolute Gasteiger partial charge is 0.370 e. The number of hydrogen-bond donors (Lipinski definition) is 0. The van der Waals surface area contributed by atoms with Gasteiger partial charge in [0.2, 0.25) is 10.0 Å². The van der Waals surface area contributed by atoms with Crippen molar-refractivity contribution in [3.63, 3.8) is 0 Å². The summed E-state index contributed by atoms with van der Waals surface area (Å²) in [6.07, 6.45) is 2.47. The quantitative estimate of drug-likeness (QED) is 0.809. The lowest BCUT2D eigenvalue weighted by Crippen LogP contribution is -2.61. The standard InChI is InChI=1S/C16H26N4O3S/c1-3-11-24(21,22)20-9-10-23-16(13-20)7-4-8-19(12-16)15-6-5-14(2)17-18-15/h5-6H,3-4,7-13H2,1-2H3/t16-/m1/s1. The van der Waals surface area contributed by atoms with Crippen molar-refractivity contribution in [1.82, 2.24) is 14.5 Å². The summed E-state index contributed by atoms with van der Waals surface area (Å²) >= 11 is 0. The van der Waals surface area contributed by atoms with Crippen LogP contribution < -0.4 is 4.90 Å². The normalized spacial score (nSPS) is 26.0. The van der Waals surface area contributed by atoms with E-state index in [9.17, 15) is 8.42 Å². The number of nitrogens with zero attached hydrogens (tertiary/aromatic N) is 4. The Morgan fingerprint density at radius 2 is 2.08 bits per heavy atom. The van der Waals surface area contributed by atoms with Crippen LogP contribution in [-0.4, -0.2) is 67.1 Å². The molecule has 2 saturated heterocycles. The molecule has 1 atom stereocenters. The van der Waals surface area contributed by atoms with E-state index in [1.54, 1.807) is 4.31 Å². The minimum Gasteiger partial charge on any atom is -0.370 e. The number of ether oxygens (including phenoxy) is 1. The van der Waals surface area contributed by atoms with Crippen molar-refractivity contribution in [2.24, 2.45) is 0 Å². The van der Waals surface area contributed by atoms with Gasteiger partial charge in [-0.1, -0.05) is 6.92 Å². The van der Waals surface area contributed by atoms with E-state index in [-0.39, 0.29) is 5.75 Å². The Hall–Kier alpha value is -1.25. The zero-order valence-electron chi connectivity index (χ0n) is 14.4. The number of aryl methyl sites for hydroxylation is 1. The summed E-state index contributed by atoms with van der Waals surface area (Å²) in [6.45, 7) is 6.70. The molecule has 0 bridgehead atoms. The van der Waals surface area contributed by atoms with Crippen LogP contribution in [0.25, 0.3) is 0 Å². The predicted octanol–water partition coefficient (Wildman–Crippen LogP) is 1.20. The van der Waals surface area contributed by atoms with Gasteiger partial charge < -0.3 is 9.64 Å². The molecule has 0 N–H and O–H groups in total. The molecule has 1 spiro atoms. The van der Waals surface area contributed by atoms with Crippen molar-refractivity contribution in [3.05, 3.63) is 17.8 Å². The lowest BCUT2D eigenvalue weighted by Gasteiger charge is -2.47. The van der Waals surface area contributed by atoms with Gasteiger partial charge in [0.25, 0.3) is 0 Å². The van der Waals surface area contributed by atoms with Crippen LogP contribution in [0.15, 0.2) is 12.1 Å². The fraction of sp³-hybridized carbons (Fsp3) is 0.750. The van der Waals surface area contributed by atoms with Crippen molar-refractivity contribution in [3.8, 4) is 0 Å². The monoisotopic (exact) mass is 354 g/mol. The maximum Gasteiger partial charge on any atom is 0.214 e. The summed E-state index contributed by atoms with van der Waals surface area (Å²) in [5, 5.41) is 8.39. The van der Waals surface area contributed by atoms with Crippen LogP contribution in [0.5, 0.6) is 0 Å². The highest BCUT2D eigenvalue weighted by atomic mass is 32.2. The molecule has 2 aliphatic heterocycles. The van der Waals surface area contributed by atoms with E-state index < -0.39 is 15.6 Å².